The van der Waals surface area contributed by atoms with Crippen molar-refractivity contribution < 1.29 is 28.6 Å². The Morgan fingerprint density at radius 2 is 0.508 bits per heavy atom. The lowest BCUT2D eigenvalue weighted by Gasteiger charge is -2.18. The number of esters is 3. The maximum Gasteiger partial charge on any atom is 0.306 e. The third-order valence-electron chi connectivity index (χ3n) is 13.5. The Hall–Kier alpha value is -1.59. The number of rotatable bonds is 53. The summed E-state index contributed by atoms with van der Waals surface area (Å²) in [4.78, 5) is 38.1. The highest BCUT2D eigenvalue weighted by Gasteiger charge is 2.19. The molecule has 6 nitrogen and oxygen atoms in total. The van der Waals surface area contributed by atoms with Crippen molar-refractivity contribution in [3.63, 3.8) is 0 Å². The molecule has 0 aliphatic carbocycles. The molecule has 0 fully saturated rings. The first kappa shape index (κ1) is 63.4. The van der Waals surface area contributed by atoms with Crippen molar-refractivity contribution in [2.24, 2.45) is 11.8 Å². The van der Waals surface area contributed by atoms with Gasteiger partial charge in [-0.25, -0.2) is 0 Å². The summed E-state index contributed by atoms with van der Waals surface area (Å²) < 4.78 is 16.9. The number of carbonyl (C=O) groups is 3. The van der Waals surface area contributed by atoms with E-state index in [0.717, 1.165) is 69.6 Å². The van der Waals surface area contributed by atoms with E-state index in [1.54, 1.807) is 0 Å². The molecule has 386 valence electrons. The quantitative estimate of drug-likeness (QED) is 0.0344. The van der Waals surface area contributed by atoms with Crippen molar-refractivity contribution in [2.45, 2.75) is 336 Å². The van der Waals surface area contributed by atoms with E-state index >= 15 is 0 Å². The molecule has 1 atom stereocenters. The second-order valence-electron chi connectivity index (χ2n) is 21.2. The number of hydrogen-bond donors (Lipinski definition) is 0. The molecule has 0 N–H and O–H groups in total. The fraction of sp³-hybridized carbons (Fsp3) is 0.949. The molecule has 6 heteroatoms. The number of carbonyl (C=O) groups excluding carboxylic acids is 3. The molecule has 0 aromatic heterocycles. The smallest absolute Gasteiger partial charge is 0.306 e. The van der Waals surface area contributed by atoms with Gasteiger partial charge in [-0.15, -0.1) is 0 Å². The molecule has 0 saturated carbocycles. The predicted molar refractivity (Wildman–Crippen MR) is 280 cm³/mol. The summed E-state index contributed by atoms with van der Waals surface area (Å²) in [6.45, 7) is 11.4. The van der Waals surface area contributed by atoms with Gasteiger partial charge in [0, 0.05) is 19.3 Å². The first-order valence-corrected chi connectivity index (χ1v) is 29.2. The van der Waals surface area contributed by atoms with Gasteiger partial charge in [0.1, 0.15) is 13.2 Å². The Morgan fingerprint density at radius 1 is 0.292 bits per heavy atom. The summed E-state index contributed by atoms with van der Waals surface area (Å²) in [5, 5.41) is 0. The Labute approximate surface area is 406 Å². The molecule has 0 aliphatic rings. The summed E-state index contributed by atoms with van der Waals surface area (Å²) in [5.74, 6) is 0.791. The van der Waals surface area contributed by atoms with E-state index in [4.69, 9.17) is 14.2 Å². The lowest BCUT2D eigenvalue weighted by Crippen LogP contribution is -2.30. The standard InChI is InChI=1S/C59H114O6/c1-6-7-8-9-10-11-12-13-14-15-16-20-23-26-29-34-39-44-49-57(60)63-52-56(53-64-58(61)50-45-40-36-31-33-38-43-48-55(4)5)65-59(62)51-46-41-35-30-27-24-21-18-17-19-22-25-28-32-37-42-47-54(2)3/h54-56H,6-53H2,1-5H3/t56-/m0/s1. The zero-order valence-electron chi connectivity index (χ0n) is 44.6. The number of unbranched alkanes of at least 4 members (excludes halogenated alkanes) is 38. The molecule has 0 heterocycles. The highest BCUT2D eigenvalue weighted by atomic mass is 16.6. The van der Waals surface area contributed by atoms with Gasteiger partial charge < -0.3 is 14.2 Å². The average molecular weight is 920 g/mol. The molecule has 0 unspecified atom stereocenters. The van der Waals surface area contributed by atoms with Crippen LogP contribution < -0.4 is 0 Å². The van der Waals surface area contributed by atoms with Crippen LogP contribution in [0.5, 0.6) is 0 Å². The summed E-state index contributed by atoms with van der Waals surface area (Å²) in [5.41, 5.74) is 0. The number of ether oxygens (including phenoxy) is 3. The maximum absolute atomic E-state index is 12.8. The molecule has 0 spiro atoms. The lowest BCUT2D eigenvalue weighted by atomic mass is 10.0. The minimum atomic E-state index is -0.763. The van der Waals surface area contributed by atoms with Crippen LogP contribution in [0.25, 0.3) is 0 Å². The first-order chi connectivity index (χ1) is 31.7. The third-order valence-corrected chi connectivity index (χ3v) is 13.5. The topological polar surface area (TPSA) is 78.9 Å². The van der Waals surface area contributed by atoms with Gasteiger partial charge in [-0.2, -0.15) is 0 Å². The van der Waals surface area contributed by atoms with Gasteiger partial charge in [0.15, 0.2) is 6.10 Å². The molecular weight excluding hydrogens is 805 g/mol. The molecule has 0 bridgehead atoms. The van der Waals surface area contributed by atoms with Crippen LogP contribution in [0.3, 0.4) is 0 Å². The van der Waals surface area contributed by atoms with Crippen molar-refractivity contribution in [1.82, 2.24) is 0 Å². The van der Waals surface area contributed by atoms with Gasteiger partial charge in [0.2, 0.25) is 0 Å². The second-order valence-corrected chi connectivity index (χ2v) is 21.2. The van der Waals surface area contributed by atoms with Crippen LogP contribution in [0, 0.1) is 11.8 Å². The van der Waals surface area contributed by atoms with Gasteiger partial charge in [-0.05, 0) is 31.1 Å². The maximum atomic E-state index is 12.8. The first-order valence-electron chi connectivity index (χ1n) is 29.2. The molecule has 0 amide bonds. The fourth-order valence-corrected chi connectivity index (χ4v) is 9.05. The van der Waals surface area contributed by atoms with Crippen LogP contribution in [0.2, 0.25) is 0 Å². The molecule has 0 radical (unpaired) electrons. The zero-order valence-corrected chi connectivity index (χ0v) is 44.6. The highest BCUT2D eigenvalue weighted by Crippen LogP contribution is 2.18. The van der Waals surface area contributed by atoms with E-state index in [1.165, 1.54) is 218 Å². The van der Waals surface area contributed by atoms with Gasteiger partial charge in [-0.3, -0.25) is 14.4 Å². The Balaban J connectivity index is 4.23. The van der Waals surface area contributed by atoms with E-state index in [9.17, 15) is 14.4 Å². The van der Waals surface area contributed by atoms with E-state index in [2.05, 4.69) is 34.6 Å². The molecule has 65 heavy (non-hydrogen) atoms. The Kier molecular flexibility index (Phi) is 50.5. The SMILES string of the molecule is CCCCCCCCCCCCCCCCCCCCC(=O)OC[C@@H](COC(=O)CCCCCCCCCC(C)C)OC(=O)CCCCCCCCCCCCCCCCCCC(C)C. The Morgan fingerprint density at radius 3 is 0.754 bits per heavy atom. The van der Waals surface area contributed by atoms with Gasteiger partial charge >= 0.3 is 17.9 Å². The van der Waals surface area contributed by atoms with Crippen LogP contribution in [-0.2, 0) is 28.6 Å². The largest absolute Gasteiger partial charge is 0.462 e. The van der Waals surface area contributed by atoms with Gasteiger partial charge in [-0.1, -0.05) is 291 Å². The summed E-state index contributed by atoms with van der Waals surface area (Å²) >= 11 is 0. The van der Waals surface area contributed by atoms with Crippen LogP contribution in [0.15, 0.2) is 0 Å². The van der Waals surface area contributed by atoms with Crippen LogP contribution in [0.1, 0.15) is 330 Å². The van der Waals surface area contributed by atoms with Gasteiger partial charge in [0.25, 0.3) is 0 Å². The van der Waals surface area contributed by atoms with Crippen molar-refractivity contribution in [3.05, 3.63) is 0 Å². The predicted octanol–water partition coefficient (Wildman–Crippen LogP) is 19.3. The second kappa shape index (κ2) is 51.8. The summed E-state index contributed by atoms with van der Waals surface area (Å²) in [6, 6.07) is 0. The third kappa shape index (κ3) is 53.2. The van der Waals surface area contributed by atoms with Crippen molar-refractivity contribution in [3.8, 4) is 0 Å². The van der Waals surface area contributed by atoms with E-state index in [0.29, 0.717) is 19.3 Å². The monoisotopic (exact) mass is 919 g/mol. The average Bonchev–Trinajstić information content (AvgIpc) is 3.28. The van der Waals surface area contributed by atoms with Crippen LogP contribution >= 0.6 is 0 Å². The fourth-order valence-electron chi connectivity index (χ4n) is 9.05. The highest BCUT2D eigenvalue weighted by molar-refractivity contribution is 5.71. The van der Waals surface area contributed by atoms with Crippen molar-refractivity contribution >= 4 is 17.9 Å². The van der Waals surface area contributed by atoms with E-state index < -0.39 is 6.10 Å². The molecule has 0 aromatic carbocycles. The van der Waals surface area contributed by atoms with Crippen molar-refractivity contribution in [2.75, 3.05) is 13.2 Å². The molecule has 0 aromatic rings. The van der Waals surface area contributed by atoms with Crippen LogP contribution in [0.4, 0.5) is 0 Å². The van der Waals surface area contributed by atoms with E-state index in [1.807, 2.05) is 0 Å². The normalized spacial score (nSPS) is 12.0. The molecule has 0 aliphatic heterocycles. The Bertz CT molecular complexity index is 993. The minimum Gasteiger partial charge on any atom is -0.462 e. The van der Waals surface area contributed by atoms with E-state index in [-0.39, 0.29) is 31.1 Å². The minimum absolute atomic E-state index is 0.0632. The lowest BCUT2D eigenvalue weighted by molar-refractivity contribution is -0.167. The molecule has 0 saturated heterocycles. The summed E-state index contributed by atoms with van der Waals surface area (Å²) in [7, 11) is 0. The molecular formula is C59H114O6. The van der Waals surface area contributed by atoms with Crippen LogP contribution in [-0.4, -0.2) is 37.2 Å². The van der Waals surface area contributed by atoms with Crippen molar-refractivity contribution in [1.29, 1.82) is 0 Å². The molecule has 0 rings (SSSR count). The number of hydrogen-bond acceptors (Lipinski definition) is 6. The summed E-state index contributed by atoms with van der Waals surface area (Å²) in [6.07, 6.45) is 55.4. The zero-order chi connectivity index (χ0) is 47.5. The van der Waals surface area contributed by atoms with Gasteiger partial charge in [0.05, 0.1) is 0 Å².